The van der Waals surface area contributed by atoms with E-state index in [2.05, 4.69) is 29.6 Å². The van der Waals surface area contributed by atoms with Crippen molar-refractivity contribution in [1.82, 2.24) is 0 Å². The average molecular weight is 192 g/mol. The zero-order valence-electron chi connectivity index (χ0n) is 8.70. The lowest BCUT2D eigenvalue weighted by Gasteiger charge is -1.69. The van der Waals surface area contributed by atoms with Crippen molar-refractivity contribution in [3.63, 3.8) is 0 Å². The summed E-state index contributed by atoms with van der Waals surface area (Å²) in [6.07, 6.45) is 19.3. The Bertz CT molecular complexity index is 426. The van der Waals surface area contributed by atoms with Crippen LogP contribution >= 0.6 is 0 Å². The number of allylic oxidation sites excluding steroid dienone is 8. The Morgan fingerprint density at radius 2 is 1.40 bits per heavy atom. The predicted octanol–water partition coefficient (Wildman–Crippen LogP) is 2.87. The van der Waals surface area contributed by atoms with Crippen LogP contribution in [0, 0.1) is 36.0 Å². The van der Waals surface area contributed by atoms with Gasteiger partial charge in [-0.3, -0.25) is 0 Å². The van der Waals surface area contributed by atoms with Crippen molar-refractivity contribution in [3.05, 3.63) is 48.6 Å². The van der Waals surface area contributed by atoms with Crippen LogP contribution < -0.4 is 0 Å². The molecule has 0 saturated heterocycles. The summed E-state index contributed by atoms with van der Waals surface area (Å²) in [5, 5.41) is 0. The molecule has 0 aromatic rings. The summed E-state index contributed by atoms with van der Waals surface area (Å²) in [5.41, 5.74) is 0. The molecule has 15 heavy (non-hydrogen) atoms. The third-order valence-corrected chi connectivity index (χ3v) is 1.16. The highest BCUT2D eigenvalue weighted by molar-refractivity contribution is 5.34. The summed E-state index contributed by atoms with van der Waals surface area (Å²) in [5.74, 6) is 13.3. The molecule has 0 bridgehead atoms. The third kappa shape index (κ3) is 11.6. The van der Waals surface area contributed by atoms with E-state index in [1.54, 1.807) is 24.3 Å². The topological polar surface area (TPSA) is 0 Å². The first-order chi connectivity index (χ1) is 7.41. The van der Waals surface area contributed by atoms with Crippen molar-refractivity contribution < 1.29 is 0 Å². The standard InChI is InChI=1S/C15H12/c1-3-5-7-9-11-13-15-14-12-10-8-6-4-2/h1,4-7,9,11,13,15H,2H3/b6-4+,7-5+,11-9+,15-13+. The molecule has 0 spiro atoms. The van der Waals surface area contributed by atoms with Gasteiger partial charge in [-0.1, -0.05) is 48.1 Å². The minimum atomic E-state index is 1.62. The van der Waals surface area contributed by atoms with E-state index in [0.717, 1.165) is 0 Å². The van der Waals surface area contributed by atoms with Crippen LogP contribution in [0.1, 0.15) is 6.92 Å². The van der Waals surface area contributed by atoms with Gasteiger partial charge in [-0.2, -0.15) is 0 Å². The van der Waals surface area contributed by atoms with Gasteiger partial charge in [0.1, 0.15) is 0 Å². The Hall–Kier alpha value is -2.36. The zero-order valence-corrected chi connectivity index (χ0v) is 8.70. The summed E-state index contributed by atoms with van der Waals surface area (Å²) < 4.78 is 0. The zero-order chi connectivity index (χ0) is 11.2. The van der Waals surface area contributed by atoms with E-state index in [-0.39, 0.29) is 0 Å². The summed E-state index contributed by atoms with van der Waals surface area (Å²) in [6.45, 7) is 1.91. The highest BCUT2D eigenvalue weighted by atomic mass is 13.7. The molecule has 0 unspecified atom stereocenters. The SMILES string of the molecule is C#C/C=C/C=C/C=C/C#CC#C/C=C/C. The second-order valence-corrected chi connectivity index (χ2v) is 2.31. The van der Waals surface area contributed by atoms with E-state index in [4.69, 9.17) is 6.42 Å². The van der Waals surface area contributed by atoms with Crippen LogP contribution in [0.2, 0.25) is 0 Å². The quantitative estimate of drug-likeness (QED) is 0.466. The first-order valence-corrected chi connectivity index (χ1v) is 4.48. The predicted molar refractivity (Wildman–Crippen MR) is 66.6 cm³/mol. The second-order valence-electron chi connectivity index (χ2n) is 2.31. The largest absolute Gasteiger partial charge is 0.115 e. The fourth-order valence-electron chi connectivity index (χ4n) is 0.582. The van der Waals surface area contributed by atoms with E-state index >= 15 is 0 Å². The molecule has 72 valence electrons. The third-order valence-electron chi connectivity index (χ3n) is 1.16. The van der Waals surface area contributed by atoms with Gasteiger partial charge in [-0.25, -0.2) is 0 Å². The molecular weight excluding hydrogens is 180 g/mol. The summed E-state index contributed by atoms with van der Waals surface area (Å²) >= 11 is 0. The molecule has 0 amide bonds. The van der Waals surface area contributed by atoms with Crippen molar-refractivity contribution in [2.24, 2.45) is 0 Å². The molecule has 0 heteroatoms. The Morgan fingerprint density at radius 1 is 0.800 bits per heavy atom. The van der Waals surface area contributed by atoms with Crippen LogP contribution in [-0.2, 0) is 0 Å². The molecule has 0 aliphatic carbocycles. The van der Waals surface area contributed by atoms with E-state index in [1.807, 2.05) is 31.2 Å². The van der Waals surface area contributed by atoms with E-state index in [9.17, 15) is 0 Å². The van der Waals surface area contributed by atoms with Gasteiger partial charge in [0.05, 0.1) is 0 Å². The molecule has 0 rings (SSSR count). The first kappa shape index (κ1) is 12.6. The summed E-state index contributed by atoms with van der Waals surface area (Å²) in [7, 11) is 0. The van der Waals surface area contributed by atoms with Crippen LogP contribution in [0.15, 0.2) is 48.6 Å². The van der Waals surface area contributed by atoms with Crippen molar-refractivity contribution in [2.45, 2.75) is 6.92 Å². The van der Waals surface area contributed by atoms with Gasteiger partial charge in [0, 0.05) is 0 Å². The molecular formula is C15H12. The number of terminal acetylenes is 1. The number of hydrogen-bond acceptors (Lipinski definition) is 0. The molecule has 0 heterocycles. The molecule has 0 aromatic carbocycles. The molecule has 0 saturated carbocycles. The number of hydrogen-bond donors (Lipinski definition) is 0. The molecule has 0 nitrogen and oxygen atoms in total. The molecule has 0 aromatic heterocycles. The molecule has 0 radical (unpaired) electrons. The minimum absolute atomic E-state index is 1.62. The van der Waals surface area contributed by atoms with Crippen molar-refractivity contribution >= 4 is 0 Å². The van der Waals surface area contributed by atoms with E-state index < -0.39 is 0 Å². The fraction of sp³-hybridized carbons (Fsp3) is 0.0667. The second kappa shape index (κ2) is 11.6. The van der Waals surface area contributed by atoms with Gasteiger partial charge < -0.3 is 0 Å². The highest BCUT2D eigenvalue weighted by Gasteiger charge is 1.60. The Kier molecular flexibility index (Phi) is 9.81. The lowest BCUT2D eigenvalue weighted by molar-refractivity contribution is 1.76. The Balaban J connectivity index is 3.92. The van der Waals surface area contributed by atoms with Crippen molar-refractivity contribution in [3.8, 4) is 36.0 Å². The normalized spacial score (nSPS) is 10.1. The van der Waals surface area contributed by atoms with Crippen LogP contribution in [-0.4, -0.2) is 0 Å². The maximum Gasteiger partial charge on any atom is -0.0102 e. The van der Waals surface area contributed by atoms with Gasteiger partial charge in [0.2, 0.25) is 0 Å². The minimum Gasteiger partial charge on any atom is -0.115 e. The van der Waals surface area contributed by atoms with Crippen molar-refractivity contribution in [2.75, 3.05) is 0 Å². The maximum absolute atomic E-state index is 5.02. The summed E-state index contributed by atoms with van der Waals surface area (Å²) in [4.78, 5) is 0. The molecule has 0 fully saturated rings. The van der Waals surface area contributed by atoms with Gasteiger partial charge in [-0.05, 0) is 37.0 Å². The average Bonchev–Trinajstić information content (AvgIpc) is 2.26. The van der Waals surface area contributed by atoms with Gasteiger partial charge in [0.15, 0.2) is 0 Å². The molecule has 0 N–H and O–H groups in total. The lowest BCUT2D eigenvalue weighted by Crippen LogP contribution is -1.53. The fourth-order valence-corrected chi connectivity index (χ4v) is 0.582. The van der Waals surface area contributed by atoms with Crippen LogP contribution in [0.25, 0.3) is 0 Å². The Labute approximate surface area is 92.1 Å². The van der Waals surface area contributed by atoms with Crippen LogP contribution in [0.3, 0.4) is 0 Å². The van der Waals surface area contributed by atoms with E-state index in [1.165, 1.54) is 0 Å². The highest BCUT2D eigenvalue weighted by Crippen LogP contribution is 1.78. The Morgan fingerprint density at radius 3 is 2.00 bits per heavy atom. The number of rotatable bonds is 2. The van der Waals surface area contributed by atoms with Gasteiger partial charge >= 0.3 is 0 Å². The molecule has 0 aliphatic rings. The van der Waals surface area contributed by atoms with Gasteiger partial charge in [-0.15, -0.1) is 6.42 Å². The van der Waals surface area contributed by atoms with Crippen molar-refractivity contribution in [1.29, 1.82) is 0 Å². The van der Waals surface area contributed by atoms with Crippen LogP contribution in [0.5, 0.6) is 0 Å². The smallest absolute Gasteiger partial charge is 0.0102 e. The maximum atomic E-state index is 5.02. The monoisotopic (exact) mass is 192 g/mol. The molecule has 0 atom stereocenters. The summed E-state index contributed by atoms with van der Waals surface area (Å²) in [6, 6.07) is 0. The van der Waals surface area contributed by atoms with Crippen LogP contribution in [0.4, 0.5) is 0 Å². The first-order valence-electron chi connectivity index (χ1n) is 4.48. The molecule has 0 aliphatic heterocycles. The lowest BCUT2D eigenvalue weighted by atomic mass is 10.4. The van der Waals surface area contributed by atoms with Gasteiger partial charge in [0.25, 0.3) is 0 Å². The van der Waals surface area contributed by atoms with E-state index in [0.29, 0.717) is 0 Å².